The maximum atomic E-state index is 12.9. The zero-order chi connectivity index (χ0) is 19.8. The molecule has 6 heteroatoms. The second-order valence-corrected chi connectivity index (χ2v) is 6.86. The first-order valence-corrected chi connectivity index (χ1v) is 9.68. The van der Waals surface area contributed by atoms with Crippen molar-refractivity contribution in [1.82, 2.24) is 10.2 Å². The van der Waals surface area contributed by atoms with E-state index >= 15 is 0 Å². The molecule has 3 rings (SSSR count). The molecule has 6 nitrogen and oxygen atoms in total. The van der Waals surface area contributed by atoms with Gasteiger partial charge in [0, 0.05) is 31.3 Å². The smallest absolute Gasteiger partial charge is 0.246 e. The van der Waals surface area contributed by atoms with Crippen LogP contribution in [0.1, 0.15) is 30.9 Å². The number of likely N-dealkylation sites (tertiary alicyclic amines) is 1. The molecular formula is C22H27N3O3. The molecule has 0 radical (unpaired) electrons. The predicted octanol–water partition coefficient (Wildman–Crippen LogP) is 2.98. The Hall–Kier alpha value is -2.86. The van der Waals surface area contributed by atoms with Gasteiger partial charge in [0.1, 0.15) is 11.8 Å². The lowest BCUT2D eigenvalue weighted by Gasteiger charge is -2.20. The quantitative estimate of drug-likeness (QED) is 0.655. The molecule has 0 unspecified atom stereocenters. The van der Waals surface area contributed by atoms with Gasteiger partial charge in [-0.25, -0.2) is 0 Å². The van der Waals surface area contributed by atoms with Crippen LogP contribution in [0.3, 0.4) is 0 Å². The van der Waals surface area contributed by atoms with E-state index in [9.17, 15) is 9.59 Å². The lowest BCUT2D eigenvalue weighted by atomic mass is 10.1. The lowest BCUT2D eigenvalue weighted by Crippen LogP contribution is -2.35. The Morgan fingerprint density at radius 3 is 2.71 bits per heavy atom. The number of nitrogens with zero attached hydrogens (tertiary/aromatic N) is 1. The number of nitrogens with one attached hydrogen (secondary N) is 2. The van der Waals surface area contributed by atoms with Crippen LogP contribution in [0, 0.1) is 0 Å². The van der Waals surface area contributed by atoms with Crippen molar-refractivity contribution in [3.63, 3.8) is 0 Å². The summed E-state index contributed by atoms with van der Waals surface area (Å²) in [4.78, 5) is 26.6. The van der Waals surface area contributed by atoms with Gasteiger partial charge in [0.25, 0.3) is 0 Å². The van der Waals surface area contributed by atoms with E-state index in [0.29, 0.717) is 24.4 Å². The summed E-state index contributed by atoms with van der Waals surface area (Å²) in [5.41, 5.74) is 1.59. The first-order chi connectivity index (χ1) is 13.7. The third kappa shape index (κ3) is 5.33. The molecule has 1 saturated heterocycles. The maximum Gasteiger partial charge on any atom is 0.246 e. The highest BCUT2D eigenvalue weighted by molar-refractivity contribution is 5.95. The number of methoxy groups -OCH3 is 1. The van der Waals surface area contributed by atoms with Crippen LogP contribution >= 0.6 is 0 Å². The molecule has 1 aliphatic rings. The largest absolute Gasteiger partial charge is 0.497 e. The molecule has 0 saturated carbocycles. The molecule has 0 spiro atoms. The zero-order valence-electron chi connectivity index (χ0n) is 16.2. The zero-order valence-corrected chi connectivity index (χ0v) is 16.2. The Morgan fingerprint density at radius 2 is 2.00 bits per heavy atom. The van der Waals surface area contributed by atoms with E-state index in [-0.39, 0.29) is 11.8 Å². The summed E-state index contributed by atoms with van der Waals surface area (Å²) in [6, 6.07) is 16.5. The van der Waals surface area contributed by atoms with Gasteiger partial charge in [-0.1, -0.05) is 36.4 Å². The molecule has 1 aliphatic heterocycles. The number of benzene rings is 2. The topological polar surface area (TPSA) is 70.7 Å². The first kappa shape index (κ1) is 19.9. The summed E-state index contributed by atoms with van der Waals surface area (Å²) in [7, 11) is 1.60. The molecule has 28 heavy (non-hydrogen) atoms. The number of amides is 2. The fourth-order valence-corrected chi connectivity index (χ4v) is 3.38. The summed E-state index contributed by atoms with van der Waals surface area (Å²) in [5.74, 6) is 0.796. The minimum atomic E-state index is -0.471. The van der Waals surface area contributed by atoms with E-state index in [1.165, 1.54) is 0 Å². The molecule has 1 fully saturated rings. The van der Waals surface area contributed by atoms with Crippen LogP contribution in [0.25, 0.3) is 0 Å². The van der Waals surface area contributed by atoms with E-state index in [4.69, 9.17) is 4.74 Å². The van der Waals surface area contributed by atoms with Crippen LogP contribution in [0.5, 0.6) is 5.75 Å². The van der Waals surface area contributed by atoms with E-state index in [1.807, 2.05) is 53.4 Å². The fourth-order valence-electron chi connectivity index (χ4n) is 3.38. The molecule has 2 aromatic carbocycles. The Bertz CT molecular complexity index is 795. The highest BCUT2D eigenvalue weighted by Crippen LogP contribution is 2.20. The Kier molecular flexibility index (Phi) is 7.03. The van der Waals surface area contributed by atoms with Crippen LogP contribution in [-0.2, 0) is 9.59 Å². The summed E-state index contributed by atoms with van der Waals surface area (Å²) in [6.07, 6.45) is 2.41. The standard InChI is InChI=1S/C22H27N3O3/c1-28-19-11-5-10-18(16-19)24-22(27)21(17-8-3-2-4-9-17)23-13-7-15-25-14-6-12-20(25)26/h2-5,8-11,16,21,23H,6-7,12-15H2,1H3,(H,24,27)/t21-/m1/s1. The van der Waals surface area contributed by atoms with Gasteiger partial charge in [0.15, 0.2) is 0 Å². The third-order valence-corrected chi connectivity index (χ3v) is 4.86. The van der Waals surface area contributed by atoms with Gasteiger partial charge in [-0.15, -0.1) is 0 Å². The third-order valence-electron chi connectivity index (χ3n) is 4.86. The van der Waals surface area contributed by atoms with Crippen molar-refractivity contribution in [2.45, 2.75) is 25.3 Å². The van der Waals surface area contributed by atoms with Crippen molar-refractivity contribution < 1.29 is 14.3 Å². The highest BCUT2D eigenvalue weighted by Gasteiger charge is 2.22. The van der Waals surface area contributed by atoms with E-state index in [2.05, 4.69) is 10.6 Å². The molecule has 2 amide bonds. The summed E-state index contributed by atoms with van der Waals surface area (Å²) >= 11 is 0. The minimum Gasteiger partial charge on any atom is -0.497 e. The van der Waals surface area contributed by atoms with Gasteiger partial charge >= 0.3 is 0 Å². The van der Waals surface area contributed by atoms with Gasteiger partial charge in [0.05, 0.1) is 7.11 Å². The van der Waals surface area contributed by atoms with Crippen LogP contribution in [0.2, 0.25) is 0 Å². The molecule has 0 bridgehead atoms. The molecule has 148 valence electrons. The molecule has 2 N–H and O–H groups in total. The monoisotopic (exact) mass is 381 g/mol. The first-order valence-electron chi connectivity index (χ1n) is 9.68. The maximum absolute atomic E-state index is 12.9. The number of hydrogen-bond acceptors (Lipinski definition) is 4. The van der Waals surface area contributed by atoms with Crippen molar-refractivity contribution in [1.29, 1.82) is 0 Å². The van der Waals surface area contributed by atoms with Crippen LogP contribution < -0.4 is 15.4 Å². The van der Waals surface area contributed by atoms with Crippen LogP contribution in [-0.4, -0.2) is 43.5 Å². The van der Waals surface area contributed by atoms with Gasteiger partial charge in [-0.2, -0.15) is 0 Å². The van der Waals surface area contributed by atoms with Crippen molar-refractivity contribution in [3.05, 3.63) is 60.2 Å². The van der Waals surface area contributed by atoms with Crippen molar-refractivity contribution in [2.24, 2.45) is 0 Å². The second-order valence-electron chi connectivity index (χ2n) is 6.86. The van der Waals surface area contributed by atoms with Crippen LogP contribution in [0.4, 0.5) is 5.69 Å². The van der Waals surface area contributed by atoms with Crippen molar-refractivity contribution in [2.75, 3.05) is 32.1 Å². The second kappa shape index (κ2) is 9.90. The van der Waals surface area contributed by atoms with Gasteiger partial charge in [-0.3, -0.25) is 9.59 Å². The van der Waals surface area contributed by atoms with E-state index < -0.39 is 6.04 Å². The molecule has 0 aliphatic carbocycles. The molecule has 1 atom stereocenters. The van der Waals surface area contributed by atoms with E-state index in [1.54, 1.807) is 13.2 Å². The summed E-state index contributed by atoms with van der Waals surface area (Å²) < 4.78 is 5.22. The van der Waals surface area contributed by atoms with Gasteiger partial charge in [-0.05, 0) is 37.1 Å². The average Bonchev–Trinajstić information content (AvgIpc) is 3.13. The number of hydrogen-bond donors (Lipinski definition) is 2. The predicted molar refractivity (Wildman–Crippen MR) is 109 cm³/mol. The number of anilines is 1. The SMILES string of the molecule is COc1cccc(NC(=O)[C@H](NCCCN2CCCC2=O)c2ccccc2)c1. The number of rotatable bonds is 9. The molecule has 0 aromatic heterocycles. The molecule has 1 heterocycles. The Morgan fingerprint density at radius 1 is 1.18 bits per heavy atom. The molecular weight excluding hydrogens is 354 g/mol. The fraction of sp³-hybridized carbons (Fsp3) is 0.364. The van der Waals surface area contributed by atoms with E-state index in [0.717, 1.165) is 31.5 Å². The minimum absolute atomic E-state index is 0.128. The normalized spacial score (nSPS) is 14.8. The van der Waals surface area contributed by atoms with Crippen molar-refractivity contribution in [3.8, 4) is 5.75 Å². The number of carbonyl (C=O) groups is 2. The number of ether oxygens (including phenoxy) is 1. The summed E-state index contributed by atoms with van der Waals surface area (Å²) in [5, 5.41) is 6.30. The van der Waals surface area contributed by atoms with Gasteiger partial charge in [0.2, 0.25) is 11.8 Å². The van der Waals surface area contributed by atoms with Crippen LogP contribution in [0.15, 0.2) is 54.6 Å². The lowest BCUT2D eigenvalue weighted by molar-refractivity contribution is -0.127. The Balaban J connectivity index is 1.61. The average molecular weight is 381 g/mol. The highest BCUT2D eigenvalue weighted by atomic mass is 16.5. The summed E-state index contributed by atoms with van der Waals surface area (Å²) in [6.45, 7) is 2.22. The Labute approximate surface area is 165 Å². The molecule has 2 aromatic rings. The van der Waals surface area contributed by atoms with Gasteiger partial charge < -0.3 is 20.3 Å². The number of carbonyl (C=O) groups excluding carboxylic acids is 2. The van der Waals surface area contributed by atoms with Crippen molar-refractivity contribution >= 4 is 17.5 Å².